The highest BCUT2D eigenvalue weighted by Crippen LogP contribution is 2.33. The number of nitrogens with zero attached hydrogens (tertiary/aromatic N) is 4. The Morgan fingerprint density at radius 3 is 2.71 bits per heavy atom. The lowest BCUT2D eigenvalue weighted by Gasteiger charge is -2.24. The molecular weight excluding hydrogens is 481 g/mol. The number of fused-ring (bicyclic) bond motifs is 2. The van der Waals surface area contributed by atoms with Crippen LogP contribution in [-0.4, -0.2) is 36.0 Å². The molecule has 186 valence electrons. The van der Waals surface area contributed by atoms with Crippen LogP contribution in [0.2, 0.25) is 0 Å². The van der Waals surface area contributed by atoms with E-state index in [1.54, 1.807) is 24.7 Å². The van der Waals surface area contributed by atoms with Crippen LogP contribution in [0.5, 0.6) is 0 Å². The first-order chi connectivity index (χ1) is 18.6. The van der Waals surface area contributed by atoms with Gasteiger partial charge in [-0.2, -0.15) is 5.10 Å². The summed E-state index contributed by atoms with van der Waals surface area (Å²) in [5.41, 5.74) is 6.68. The van der Waals surface area contributed by atoms with Gasteiger partial charge in [-0.3, -0.25) is 19.9 Å². The highest BCUT2D eigenvalue weighted by atomic mass is 19.1. The second kappa shape index (κ2) is 8.88. The van der Waals surface area contributed by atoms with Crippen LogP contribution in [0.25, 0.3) is 55.8 Å². The number of aromatic nitrogens is 6. The summed E-state index contributed by atoms with van der Waals surface area (Å²) in [4.78, 5) is 29.5. The predicted molar refractivity (Wildman–Crippen MR) is 144 cm³/mol. The van der Waals surface area contributed by atoms with Crippen LogP contribution < -0.4 is 5.32 Å². The van der Waals surface area contributed by atoms with Crippen molar-refractivity contribution < 1.29 is 9.18 Å². The van der Waals surface area contributed by atoms with E-state index in [2.05, 4.69) is 30.5 Å². The van der Waals surface area contributed by atoms with Gasteiger partial charge in [0.25, 0.3) is 0 Å². The van der Waals surface area contributed by atoms with Crippen LogP contribution in [0.4, 0.5) is 10.1 Å². The van der Waals surface area contributed by atoms with Gasteiger partial charge in [0.05, 0.1) is 40.3 Å². The summed E-state index contributed by atoms with van der Waals surface area (Å²) in [7, 11) is 0. The molecule has 7 rings (SSSR count). The number of carbonyl (C=O) groups is 1. The standard InChI is InChI=1S/C29H22FN7O/c30-19-7-2-6-17(10-19)21-8-3-9-23-26(21)35-28(34-23)27-22-12-24(32-15-25(22)36-37-27)18-11-20(14-31-13-18)33-29(38)16-4-1-5-16/h2-3,6-16H,1,4-5H2,(H,33,38)(H,34,35)(H,36,37). The molecule has 4 aromatic heterocycles. The largest absolute Gasteiger partial charge is 0.337 e. The molecule has 4 heterocycles. The van der Waals surface area contributed by atoms with Crippen molar-refractivity contribution in [3.05, 3.63) is 79.0 Å². The number of hydrogen-bond acceptors (Lipinski definition) is 5. The minimum atomic E-state index is -0.297. The molecule has 0 saturated heterocycles. The molecule has 1 amide bonds. The van der Waals surface area contributed by atoms with Crippen LogP contribution in [0.3, 0.4) is 0 Å². The third-order valence-electron chi connectivity index (χ3n) is 7.10. The number of aromatic amines is 2. The number of hydrogen-bond donors (Lipinski definition) is 3. The van der Waals surface area contributed by atoms with E-state index in [1.807, 2.05) is 36.4 Å². The number of amides is 1. The topological polar surface area (TPSA) is 112 Å². The molecule has 0 radical (unpaired) electrons. The fraction of sp³-hybridized carbons (Fsp3) is 0.138. The number of anilines is 1. The van der Waals surface area contributed by atoms with Crippen molar-refractivity contribution in [2.45, 2.75) is 19.3 Å². The first kappa shape index (κ1) is 22.3. The van der Waals surface area contributed by atoms with Crippen LogP contribution in [-0.2, 0) is 4.79 Å². The maximum Gasteiger partial charge on any atom is 0.227 e. The van der Waals surface area contributed by atoms with E-state index in [4.69, 9.17) is 4.98 Å². The van der Waals surface area contributed by atoms with Crippen molar-refractivity contribution in [2.75, 3.05) is 5.32 Å². The lowest BCUT2D eigenvalue weighted by atomic mass is 9.85. The van der Waals surface area contributed by atoms with E-state index < -0.39 is 0 Å². The Balaban J connectivity index is 1.26. The Labute approximate surface area is 216 Å². The van der Waals surface area contributed by atoms with E-state index in [9.17, 15) is 9.18 Å². The fourth-order valence-electron chi connectivity index (χ4n) is 4.85. The minimum absolute atomic E-state index is 0.0400. The third-order valence-corrected chi connectivity index (χ3v) is 7.10. The van der Waals surface area contributed by atoms with Crippen LogP contribution in [0.1, 0.15) is 19.3 Å². The number of pyridine rings is 2. The molecule has 6 aromatic rings. The Bertz CT molecular complexity index is 1840. The molecule has 0 atom stereocenters. The van der Waals surface area contributed by atoms with Crippen LogP contribution in [0, 0.1) is 11.7 Å². The summed E-state index contributed by atoms with van der Waals surface area (Å²) in [6, 6.07) is 16.1. The van der Waals surface area contributed by atoms with E-state index in [-0.39, 0.29) is 17.6 Å². The van der Waals surface area contributed by atoms with Gasteiger partial charge in [-0.1, -0.05) is 30.7 Å². The predicted octanol–water partition coefficient (Wildman–Crippen LogP) is 6.11. The van der Waals surface area contributed by atoms with Gasteiger partial charge in [0.2, 0.25) is 5.91 Å². The average molecular weight is 504 g/mol. The molecule has 38 heavy (non-hydrogen) atoms. The Hall–Kier alpha value is -4.92. The monoisotopic (exact) mass is 503 g/mol. The Kier molecular flexibility index (Phi) is 5.21. The second-order valence-corrected chi connectivity index (χ2v) is 9.56. The molecule has 1 aliphatic carbocycles. The molecule has 0 aliphatic heterocycles. The molecule has 0 unspecified atom stereocenters. The number of benzene rings is 2. The molecule has 3 N–H and O–H groups in total. The molecule has 0 bridgehead atoms. The van der Waals surface area contributed by atoms with Gasteiger partial charge in [0.1, 0.15) is 11.5 Å². The van der Waals surface area contributed by atoms with Gasteiger partial charge in [-0.25, -0.2) is 9.37 Å². The van der Waals surface area contributed by atoms with Crippen molar-refractivity contribution in [1.82, 2.24) is 30.1 Å². The van der Waals surface area contributed by atoms with E-state index in [1.165, 1.54) is 12.1 Å². The zero-order valence-electron chi connectivity index (χ0n) is 20.2. The number of halogens is 1. The SMILES string of the molecule is O=C(Nc1cncc(-c2cc3c(-c4nc5c(-c6cccc(F)c6)cccc5[nH]4)n[nH]c3cn2)c1)C1CCC1. The van der Waals surface area contributed by atoms with E-state index >= 15 is 0 Å². The summed E-state index contributed by atoms with van der Waals surface area (Å²) in [6.07, 6.45) is 8.07. The van der Waals surface area contributed by atoms with Crippen molar-refractivity contribution in [3.63, 3.8) is 0 Å². The fourth-order valence-corrected chi connectivity index (χ4v) is 4.85. The first-order valence-corrected chi connectivity index (χ1v) is 12.5. The highest BCUT2D eigenvalue weighted by molar-refractivity contribution is 5.98. The number of rotatable bonds is 5. The van der Waals surface area contributed by atoms with Crippen molar-refractivity contribution >= 4 is 33.5 Å². The van der Waals surface area contributed by atoms with Gasteiger partial charge in [-0.15, -0.1) is 0 Å². The second-order valence-electron chi connectivity index (χ2n) is 9.56. The average Bonchev–Trinajstić information content (AvgIpc) is 3.51. The molecular formula is C29H22FN7O. The molecule has 9 heteroatoms. The molecule has 2 aromatic carbocycles. The minimum Gasteiger partial charge on any atom is -0.337 e. The molecule has 1 fully saturated rings. The van der Waals surface area contributed by atoms with Gasteiger partial charge in [0.15, 0.2) is 5.82 Å². The van der Waals surface area contributed by atoms with Crippen LogP contribution in [0.15, 0.2) is 73.2 Å². The lowest BCUT2D eigenvalue weighted by Crippen LogP contribution is -2.28. The number of H-pyrrole nitrogens is 2. The summed E-state index contributed by atoms with van der Waals surface area (Å²) < 4.78 is 13.9. The van der Waals surface area contributed by atoms with E-state index in [0.717, 1.165) is 57.9 Å². The summed E-state index contributed by atoms with van der Waals surface area (Å²) in [5.74, 6) is 0.423. The summed E-state index contributed by atoms with van der Waals surface area (Å²) in [6.45, 7) is 0. The van der Waals surface area contributed by atoms with Gasteiger partial charge >= 0.3 is 0 Å². The molecule has 1 aliphatic rings. The summed E-state index contributed by atoms with van der Waals surface area (Å²) in [5, 5.41) is 11.4. The first-order valence-electron chi connectivity index (χ1n) is 12.5. The zero-order chi connectivity index (χ0) is 25.6. The van der Waals surface area contributed by atoms with Crippen molar-refractivity contribution in [3.8, 4) is 33.9 Å². The number of para-hydroxylation sites is 1. The smallest absolute Gasteiger partial charge is 0.227 e. The number of nitrogens with one attached hydrogen (secondary N) is 3. The van der Waals surface area contributed by atoms with Gasteiger partial charge in [-0.05, 0) is 48.7 Å². The Morgan fingerprint density at radius 2 is 1.87 bits per heavy atom. The maximum absolute atomic E-state index is 13.9. The highest BCUT2D eigenvalue weighted by Gasteiger charge is 2.25. The van der Waals surface area contributed by atoms with Crippen molar-refractivity contribution in [1.29, 1.82) is 0 Å². The van der Waals surface area contributed by atoms with Crippen molar-refractivity contribution in [2.24, 2.45) is 5.92 Å². The Morgan fingerprint density at radius 1 is 0.974 bits per heavy atom. The third kappa shape index (κ3) is 3.88. The molecule has 1 saturated carbocycles. The molecule has 8 nitrogen and oxygen atoms in total. The van der Waals surface area contributed by atoms with Gasteiger partial charge in [0, 0.05) is 28.6 Å². The quantitative estimate of drug-likeness (QED) is 0.263. The van der Waals surface area contributed by atoms with Gasteiger partial charge < -0.3 is 10.3 Å². The summed E-state index contributed by atoms with van der Waals surface area (Å²) >= 11 is 0. The normalized spacial score (nSPS) is 13.6. The maximum atomic E-state index is 13.9. The zero-order valence-corrected chi connectivity index (χ0v) is 20.2. The number of carbonyl (C=O) groups excluding carboxylic acids is 1. The van der Waals surface area contributed by atoms with E-state index in [0.29, 0.717) is 22.9 Å². The van der Waals surface area contributed by atoms with Crippen LogP contribution >= 0.6 is 0 Å². The molecule has 0 spiro atoms. The lowest BCUT2D eigenvalue weighted by molar-refractivity contribution is -0.122. The number of imidazole rings is 1.